The van der Waals surface area contributed by atoms with Crippen molar-refractivity contribution >= 4 is 17.3 Å². The molecule has 0 spiro atoms. The van der Waals surface area contributed by atoms with Crippen molar-refractivity contribution in [1.82, 2.24) is 0 Å². The molecular weight excluding hydrogens is 469 g/mol. The van der Waals surface area contributed by atoms with E-state index in [1.165, 1.54) is 6.07 Å². The van der Waals surface area contributed by atoms with Crippen LogP contribution < -0.4 is 10.2 Å². The number of likely N-dealkylation sites (N-methyl/N-ethyl adjacent to an activating group) is 1. The Morgan fingerprint density at radius 1 is 1.00 bits per heavy atom. The first-order chi connectivity index (χ1) is 17.1. The highest BCUT2D eigenvalue weighted by Gasteiger charge is 2.34. The number of benzene rings is 3. The Morgan fingerprint density at radius 3 is 2.19 bits per heavy atom. The molecule has 6 nitrogen and oxygen atoms in total. The molecule has 1 unspecified atom stereocenters. The summed E-state index contributed by atoms with van der Waals surface area (Å²) in [5.74, 6) is -0.901. The number of hydrogen-bond donors (Lipinski definition) is 2. The highest BCUT2D eigenvalue weighted by molar-refractivity contribution is 5.94. The van der Waals surface area contributed by atoms with Crippen molar-refractivity contribution in [2.45, 2.75) is 26.1 Å². The van der Waals surface area contributed by atoms with Crippen LogP contribution in [0, 0.1) is 22.7 Å². The van der Waals surface area contributed by atoms with Crippen molar-refractivity contribution in [3.63, 3.8) is 0 Å². The van der Waals surface area contributed by atoms with Gasteiger partial charge in [-0.1, -0.05) is 44.2 Å². The molecule has 0 heterocycles. The monoisotopic (exact) mass is 494 g/mol. The van der Waals surface area contributed by atoms with Crippen LogP contribution in [0.5, 0.6) is 0 Å². The fourth-order valence-electron chi connectivity index (χ4n) is 3.35. The van der Waals surface area contributed by atoms with E-state index in [0.29, 0.717) is 22.9 Å². The smallest absolute Gasteiger partial charge is 0.381 e. The number of amides is 1. The summed E-state index contributed by atoms with van der Waals surface area (Å²) in [5.41, 5.74) is 0.664. The van der Waals surface area contributed by atoms with Gasteiger partial charge in [-0.15, -0.1) is 0 Å². The van der Waals surface area contributed by atoms with Crippen LogP contribution >= 0.6 is 0 Å². The van der Waals surface area contributed by atoms with Gasteiger partial charge in [0.1, 0.15) is 6.10 Å². The summed E-state index contributed by atoms with van der Waals surface area (Å²) < 4.78 is 39.4. The summed E-state index contributed by atoms with van der Waals surface area (Å²) in [5, 5.41) is 30.9. The van der Waals surface area contributed by atoms with Crippen LogP contribution in [0.4, 0.5) is 24.5 Å². The summed E-state index contributed by atoms with van der Waals surface area (Å²) in [6.45, 7) is 3.84. The average Bonchev–Trinajstić information content (AvgIpc) is 2.89. The van der Waals surface area contributed by atoms with Gasteiger partial charge in [0.2, 0.25) is 0 Å². The van der Waals surface area contributed by atoms with E-state index in [9.17, 15) is 28.3 Å². The topological polar surface area (TPSA) is 100 Å². The van der Waals surface area contributed by atoms with Crippen LogP contribution in [0.15, 0.2) is 66.7 Å². The van der Waals surface area contributed by atoms with Crippen LogP contribution in [-0.4, -0.2) is 30.7 Å². The second-order valence-corrected chi connectivity index (χ2v) is 7.46. The minimum atomic E-state index is -4.77. The van der Waals surface area contributed by atoms with Gasteiger partial charge in [0, 0.05) is 24.0 Å². The Morgan fingerprint density at radius 2 is 1.61 bits per heavy atom. The highest BCUT2D eigenvalue weighted by atomic mass is 19.4. The first kappa shape index (κ1) is 27.9. The molecule has 3 aromatic rings. The van der Waals surface area contributed by atoms with E-state index in [2.05, 4.69) is 11.4 Å². The quantitative estimate of drug-likeness (QED) is 0.466. The zero-order valence-corrected chi connectivity index (χ0v) is 20.0. The molecule has 3 rings (SSSR count). The second kappa shape index (κ2) is 12.4. The maximum Gasteiger partial charge on any atom is 0.417 e. The molecule has 36 heavy (non-hydrogen) atoms. The molecule has 3 aromatic carbocycles. The van der Waals surface area contributed by atoms with Crippen LogP contribution in [0.1, 0.15) is 30.5 Å². The van der Waals surface area contributed by atoms with E-state index in [1.807, 2.05) is 44.2 Å². The van der Waals surface area contributed by atoms with Gasteiger partial charge in [-0.2, -0.15) is 23.7 Å². The number of rotatable bonds is 6. The fraction of sp³-hybridized carbons (Fsp3) is 0.222. The number of anilines is 2. The predicted molar refractivity (Wildman–Crippen MR) is 132 cm³/mol. The minimum absolute atomic E-state index is 0.158. The normalized spacial score (nSPS) is 11.2. The lowest BCUT2D eigenvalue weighted by Gasteiger charge is -2.23. The molecular formula is C27H25F3N4O2. The van der Waals surface area contributed by atoms with E-state index >= 15 is 0 Å². The van der Waals surface area contributed by atoms with Crippen LogP contribution in [0.3, 0.4) is 0 Å². The zero-order valence-electron chi connectivity index (χ0n) is 20.0. The average molecular weight is 495 g/mol. The standard InChI is InChI=1S/C25H19F3N4O2.C2H6/c1-32(20-10-8-17(13-29)21(12-20)16-5-3-2-4-6-16)15-23(33)24(34)31-19-9-7-18(14-30)22(11-19)25(26,27)28;1-2/h2-12,23,33H,15H2,1H3,(H,31,34);1-2H3. The summed E-state index contributed by atoms with van der Waals surface area (Å²) in [6.07, 6.45) is -6.33. The molecule has 0 aliphatic rings. The van der Waals surface area contributed by atoms with Crippen LogP contribution in [0.25, 0.3) is 11.1 Å². The van der Waals surface area contributed by atoms with Gasteiger partial charge in [-0.05, 0) is 42.0 Å². The Hall–Kier alpha value is -4.34. The molecule has 1 atom stereocenters. The van der Waals surface area contributed by atoms with Gasteiger partial charge in [0.25, 0.3) is 5.91 Å². The number of nitrogens with zero attached hydrogens (tertiary/aromatic N) is 3. The predicted octanol–water partition coefficient (Wildman–Crippen LogP) is 5.58. The number of nitrogens with one attached hydrogen (secondary N) is 1. The van der Waals surface area contributed by atoms with E-state index in [1.54, 1.807) is 30.1 Å². The maximum absolute atomic E-state index is 13.1. The SMILES string of the molecule is CC.CN(CC(O)C(=O)Nc1ccc(C#N)c(C(F)(F)F)c1)c1ccc(C#N)c(-c2ccccc2)c1. The van der Waals surface area contributed by atoms with Crippen molar-refractivity contribution in [1.29, 1.82) is 10.5 Å². The molecule has 0 bridgehead atoms. The van der Waals surface area contributed by atoms with Gasteiger partial charge >= 0.3 is 6.18 Å². The number of alkyl halides is 3. The van der Waals surface area contributed by atoms with Gasteiger partial charge in [0.15, 0.2) is 0 Å². The number of hydrogen-bond acceptors (Lipinski definition) is 5. The lowest BCUT2D eigenvalue weighted by Crippen LogP contribution is -2.38. The number of aliphatic hydroxyl groups is 1. The van der Waals surface area contributed by atoms with Gasteiger partial charge in [-0.25, -0.2) is 0 Å². The molecule has 0 aromatic heterocycles. The molecule has 0 aliphatic carbocycles. The Bertz CT molecular complexity index is 1280. The van der Waals surface area contributed by atoms with E-state index in [0.717, 1.165) is 17.7 Å². The molecule has 0 saturated carbocycles. The third kappa shape index (κ3) is 6.84. The number of aliphatic hydroxyl groups excluding tert-OH is 1. The first-order valence-electron chi connectivity index (χ1n) is 11.0. The van der Waals surface area contributed by atoms with Crippen molar-refractivity contribution in [3.05, 3.63) is 83.4 Å². The van der Waals surface area contributed by atoms with Crippen molar-refractivity contribution < 1.29 is 23.1 Å². The zero-order chi connectivity index (χ0) is 26.9. The Balaban J connectivity index is 0.00000222. The van der Waals surface area contributed by atoms with Gasteiger partial charge in [-0.3, -0.25) is 4.79 Å². The summed E-state index contributed by atoms with van der Waals surface area (Å²) in [6, 6.07) is 20.7. The second-order valence-electron chi connectivity index (χ2n) is 7.46. The first-order valence-corrected chi connectivity index (χ1v) is 11.0. The third-order valence-electron chi connectivity index (χ3n) is 5.11. The summed E-state index contributed by atoms with van der Waals surface area (Å²) in [7, 11) is 1.64. The highest BCUT2D eigenvalue weighted by Crippen LogP contribution is 2.33. The summed E-state index contributed by atoms with van der Waals surface area (Å²) in [4.78, 5) is 14.0. The lowest BCUT2D eigenvalue weighted by molar-refractivity contribution is -0.137. The number of carbonyl (C=O) groups is 1. The van der Waals surface area contributed by atoms with Gasteiger partial charge in [0.05, 0.1) is 35.4 Å². The Labute approximate surface area is 207 Å². The van der Waals surface area contributed by atoms with Crippen LogP contribution in [0.2, 0.25) is 0 Å². The number of nitriles is 2. The van der Waals surface area contributed by atoms with Crippen LogP contribution in [-0.2, 0) is 11.0 Å². The number of halogens is 3. The maximum atomic E-state index is 13.1. The largest absolute Gasteiger partial charge is 0.417 e. The molecule has 0 saturated heterocycles. The molecule has 9 heteroatoms. The molecule has 2 N–H and O–H groups in total. The summed E-state index contributed by atoms with van der Waals surface area (Å²) >= 11 is 0. The van der Waals surface area contributed by atoms with Crippen molar-refractivity contribution in [2.24, 2.45) is 0 Å². The minimum Gasteiger partial charge on any atom is -0.381 e. The fourth-order valence-corrected chi connectivity index (χ4v) is 3.35. The third-order valence-corrected chi connectivity index (χ3v) is 5.11. The molecule has 0 aliphatic heterocycles. The van der Waals surface area contributed by atoms with E-state index in [4.69, 9.17) is 5.26 Å². The van der Waals surface area contributed by atoms with E-state index < -0.39 is 29.3 Å². The van der Waals surface area contributed by atoms with Crippen molar-refractivity contribution in [2.75, 3.05) is 23.8 Å². The van der Waals surface area contributed by atoms with Gasteiger partial charge < -0.3 is 15.3 Å². The lowest BCUT2D eigenvalue weighted by atomic mass is 9.99. The van der Waals surface area contributed by atoms with Crippen molar-refractivity contribution in [3.8, 4) is 23.3 Å². The molecule has 1 amide bonds. The van der Waals surface area contributed by atoms with E-state index in [-0.39, 0.29) is 12.2 Å². The number of carbonyl (C=O) groups excluding carboxylic acids is 1. The molecule has 0 radical (unpaired) electrons. The molecule has 186 valence electrons. The molecule has 0 fully saturated rings. The Kier molecular flexibility index (Phi) is 9.60.